The molecule has 2 atom stereocenters. The van der Waals surface area contributed by atoms with Crippen molar-refractivity contribution in [2.45, 2.75) is 38.6 Å². The van der Waals surface area contributed by atoms with Crippen molar-refractivity contribution in [1.29, 1.82) is 0 Å². The molecule has 0 aromatic heterocycles. The molecule has 2 unspecified atom stereocenters. The Hall–Kier alpha value is -2.19. The third-order valence-electron chi connectivity index (χ3n) is 3.25. The Morgan fingerprint density at radius 2 is 1.60 bits per heavy atom. The first kappa shape index (κ1) is 20.9. The van der Waals surface area contributed by atoms with Gasteiger partial charge in [0.25, 0.3) is 0 Å². The Morgan fingerprint density at radius 1 is 1.08 bits per heavy atom. The van der Waals surface area contributed by atoms with E-state index in [1.165, 1.54) is 33.5 Å². The summed E-state index contributed by atoms with van der Waals surface area (Å²) < 4.78 is 20.7. The summed E-state index contributed by atoms with van der Waals surface area (Å²) in [6.07, 6.45) is -3.21. The lowest BCUT2D eigenvalue weighted by Gasteiger charge is -2.23. The first-order chi connectivity index (χ1) is 11.6. The normalized spacial score (nSPS) is 13.6. The van der Waals surface area contributed by atoms with Gasteiger partial charge in [-0.3, -0.25) is 0 Å². The number of benzene rings is 1. The van der Waals surface area contributed by atoms with E-state index in [0.29, 0.717) is 22.8 Å². The van der Waals surface area contributed by atoms with E-state index in [4.69, 9.17) is 18.9 Å². The van der Waals surface area contributed by atoms with Crippen LogP contribution in [0.1, 0.15) is 32.4 Å². The molecule has 0 spiro atoms. The molecular weight excluding hydrogens is 330 g/mol. The SMILES string of the molecule is COc1cc(C(O)C(O)CNC(=O)OC(C)(C)C)cc(OC)c1OC. The molecule has 3 N–H and O–H groups in total. The molecular formula is C17H27NO7. The van der Waals surface area contributed by atoms with Crippen LogP contribution in [0.3, 0.4) is 0 Å². The van der Waals surface area contributed by atoms with Gasteiger partial charge < -0.3 is 34.5 Å². The van der Waals surface area contributed by atoms with Crippen LogP contribution >= 0.6 is 0 Å². The topological polar surface area (TPSA) is 106 Å². The molecule has 0 aliphatic carbocycles. The lowest BCUT2D eigenvalue weighted by molar-refractivity contribution is 0.0127. The number of carbonyl (C=O) groups is 1. The van der Waals surface area contributed by atoms with Gasteiger partial charge in [0, 0.05) is 6.54 Å². The average molecular weight is 357 g/mol. The van der Waals surface area contributed by atoms with Crippen molar-refractivity contribution in [3.63, 3.8) is 0 Å². The van der Waals surface area contributed by atoms with Crippen molar-refractivity contribution in [3.8, 4) is 17.2 Å². The molecule has 0 saturated heterocycles. The summed E-state index contributed by atoms with van der Waals surface area (Å²) in [5, 5.41) is 22.9. The minimum atomic E-state index is -1.27. The van der Waals surface area contributed by atoms with Gasteiger partial charge in [-0.25, -0.2) is 4.79 Å². The Balaban J connectivity index is 2.85. The van der Waals surface area contributed by atoms with Crippen LogP contribution in [0.4, 0.5) is 4.79 Å². The molecule has 8 heteroatoms. The molecule has 0 saturated carbocycles. The maximum atomic E-state index is 11.6. The molecule has 1 rings (SSSR count). The first-order valence-electron chi connectivity index (χ1n) is 7.75. The summed E-state index contributed by atoms with van der Waals surface area (Å²) in [6, 6.07) is 3.06. The minimum Gasteiger partial charge on any atom is -0.493 e. The highest BCUT2D eigenvalue weighted by molar-refractivity contribution is 5.67. The fraction of sp³-hybridized carbons (Fsp3) is 0.588. The van der Waals surface area contributed by atoms with E-state index >= 15 is 0 Å². The van der Waals surface area contributed by atoms with Gasteiger partial charge in [0.15, 0.2) is 11.5 Å². The molecule has 0 radical (unpaired) electrons. The molecule has 1 aromatic carbocycles. The Morgan fingerprint density at radius 3 is 2.00 bits per heavy atom. The summed E-state index contributed by atoms with van der Waals surface area (Å²) in [7, 11) is 4.37. The van der Waals surface area contributed by atoms with Gasteiger partial charge in [0.05, 0.1) is 21.3 Å². The number of hydrogen-bond donors (Lipinski definition) is 3. The summed E-state index contributed by atoms with van der Waals surface area (Å²) in [4.78, 5) is 11.6. The number of aliphatic hydroxyl groups is 2. The van der Waals surface area contributed by atoms with Gasteiger partial charge in [0.2, 0.25) is 5.75 Å². The molecule has 1 aromatic rings. The molecule has 0 heterocycles. The molecule has 1 amide bonds. The van der Waals surface area contributed by atoms with Gasteiger partial charge in [-0.05, 0) is 38.5 Å². The fourth-order valence-corrected chi connectivity index (χ4v) is 2.11. The van der Waals surface area contributed by atoms with Crippen LogP contribution in [-0.4, -0.2) is 55.9 Å². The number of hydrogen-bond acceptors (Lipinski definition) is 7. The second-order valence-corrected chi connectivity index (χ2v) is 6.35. The van der Waals surface area contributed by atoms with Crippen molar-refractivity contribution in [2.24, 2.45) is 0 Å². The van der Waals surface area contributed by atoms with Crippen LogP contribution in [0.2, 0.25) is 0 Å². The monoisotopic (exact) mass is 357 g/mol. The second kappa shape index (κ2) is 8.77. The van der Waals surface area contributed by atoms with Crippen molar-refractivity contribution in [1.82, 2.24) is 5.32 Å². The van der Waals surface area contributed by atoms with Gasteiger partial charge in [0.1, 0.15) is 17.8 Å². The van der Waals surface area contributed by atoms with Crippen LogP contribution < -0.4 is 19.5 Å². The van der Waals surface area contributed by atoms with Crippen LogP contribution in [-0.2, 0) is 4.74 Å². The highest BCUT2D eigenvalue weighted by Crippen LogP contribution is 2.40. The van der Waals surface area contributed by atoms with Gasteiger partial charge in [-0.2, -0.15) is 0 Å². The molecule has 142 valence electrons. The third kappa shape index (κ3) is 5.99. The molecule has 0 fully saturated rings. The zero-order chi connectivity index (χ0) is 19.2. The number of ether oxygens (including phenoxy) is 4. The number of methoxy groups -OCH3 is 3. The number of alkyl carbamates (subject to hydrolysis) is 1. The Labute approximate surface area is 147 Å². The first-order valence-corrected chi connectivity index (χ1v) is 7.75. The van der Waals surface area contributed by atoms with E-state index in [0.717, 1.165) is 0 Å². The van der Waals surface area contributed by atoms with Crippen molar-refractivity contribution < 1.29 is 34.0 Å². The van der Waals surface area contributed by atoms with Crippen LogP contribution in [0.25, 0.3) is 0 Å². The molecule has 0 bridgehead atoms. The van der Waals surface area contributed by atoms with Gasteiger partial charge >= 0.3 is 6.09 Å². The van der Waals surface area contributed by atoms with Crippen LogP contribution in [0, 0.1) is 0 Å². The number of rotatable bonds is 7. The second-order valence-electron chi connectivity index (χ2n) is 6.35. The summed E-state index contributed by atoms with van der Waals surface area (Å²) in [5.74, 6) is 1.08. The Kier molecular flexibility index (Phi) is 7.32. The summed E-state index contributed by atoms with van der Waals surface area (Å²) >= 11 is 0. The van der Waals surface area contributed by atoms with Crippen molar-refractivity contribution in [3.05, 3.63) is 17.7 Å². The molecule has 0 aliphatic rings. The molecule has 8 nitrogen and oxygen atoms in total. The number of amides is 1. The fourth-order valence-electron chi connectivity index (χ4n) is 2.11. The van der Waals surface area contributed by atoms with E-state index in [1.54, 1.807) is 20.8 Å². The number of aliphatic hydroxyl groups excluding tert-OH is 2. The van der Waals surface area contributed by atoms with E-state index in [-0.39, 0.29) is 6.54 Å². The maximum Gasteiger partial charge on any atom is 0.407 e. The quantitative estimate of drug-likeness (QED) is 0.681. The standard InChI is InChI=1S/C17H27NO7/c1-17(2,3)25-16(21)18-9-11(19)14(20)10-7-12(22-4)15(24-6)13(8-10)23-5/h7-8,11,14,19-20H,9H2,1-6H3,(H,18,21). The predicted molar refractivity (Wildman–Crippen MR) is 91.3 cm³/mol. The van der Waals surface area contributed by atoms with Gasteiger partial charge in [-0.1, -0.05) is 0 Å². The van der Waals surface area contributed by atoms with Crippen molar-refractivity contribution >= 4 is 6.09 Å². The number of nitrogens with one attached hydrogen (secondary N) is 1. The van der Waals surface area contributed by atoms with E-state index in [9.17, 15) is 15.0 Å². The van der Waals surface area contributed by atoms with Gasteiger partial charge in [-0.15, -0.1) is 0 Å². The minimum absolute atomic E-state index is 0.188. The van der Waals surface area contributed by atoms with E-state index in [2.05, 4.69) is 5.32 Å². The lowest BCUT2D eigenvalue weighted by Crippen LogP contribution is -2.38. The maximum absolute atomic E-state index is 11.6. The van der Waals surface area contributed by atoms with E-state index in [1.807, 2.05) is 0 Å². The highest BCUT2D eigenvalue weighted by Gasteiger charge is 2.24. The molecule has 25 heavy (non-hydrogen) atoms. The van der Waals surface area contributed by atoms with Crippen LogP contribution in [0.15, 0.2) is 12.1 Å². The zero-order valence-electron chi connectivity index (χ0n) is 15.5. The average Bonchev–Trinajstić information content (AvgIpc) is 2.55. The summed E-state index contributed by atoms with van der Waals surface area (Å²) in [5.41, 5.74) is -0.294. The van der Waals surface area contributed by atoms with Crippen molar-refractivity contribution in [2.75, 3.05) is 27.9 Å². The highest BCUT2D eigenvalue weighted by atomic mass is 16.6. The summed E-state index contributed by atoms with van der Waals surface area (Å²) in [6.45, 7) is 5.00. The number of carbonyl (C=O) groups excluding carboxylic acids is 1. The Bertz CT molecular complexity index is 558. The molecule has 0 aliphatic heterocycles. The predicted octanol–water partition coefficient (Wildman–Crippen LogP) is 1.63. The smallest absolute Gasteiger partial charge is 0.407 e. The third-order valence-corrected chi connectivity index (χ3v) is 3.25. The zero-order valence-corrected chi connectivity index (χ0v) is 15.5. The lowest BCUT2D eigenvalue weighted by atomic mass is 10.0. The van der Waals surface area contributed by atoms with E-state index < -0.39 is 23.9 Å². The largest absolute Gasteiger partial charge is 0.493 e. The van der Waals surface area contributed by atoms with Crippen LogP contribution in [0.5, 0.6) is 17.2 Å².